The summed E-state index contributed by atoms with van der Waals surface area (Å²) in [5.41, 5.74) is 12.3. The normalized spacial score (nSPS) is 10.9. The molecule has 6 aromatic carbocycles. The highest BCUT2D eigenvalue weighted by molar-refractivity contribution is 5.72. The zero-order chi connectivity index (χ0) is 36.0. The molecular formula is C49H52F2. The molecule has 0 aliphatic rings. The number of hydrogen-bond acceptors (Lipinski definition) is 0. The van der Waals surface area contributed by atoms with Gasteiger partial charge in [0.2, 0.25) is 0 Å². The van der Waals surface area contributed by atoms with Crippen LogP contribution in [0.3, 0.4) is 0 Å². The van der Waals surface area contributed by atoms with E-state index in [2.05, 4.69) is 81.4 Å². The quantitative estimate of drug-likeness (QED) is 0.107. The van der Waals surface area contributed by atoms with Gasteiger partial charge in [-0.05, 0) is 101 Å². The third-order valence-electron chi connectivity index (χ3n) is 9.69. The molecule has 51 heavy (non-hydrogen) atoms. The second-order valence-electron chi connectivity index (χ2n) is 13.6. The molecule has 0 atom stereocenters. The maximum atomic E-state index is 14.7. The van der Waals surface area contributed by atoms with Crippen LogP contribution in [0, 0.1) is 18.6 Å². The standard InChI is InChI=1S/C25H27F.C24H25F/c1-3-5-6-7-20-10-14-22(15-11-20)24-17-16-23(18-25(24)26)21-12-8-19(4-2)9-13-21;1-3-4-5-6-19-9-13-20(14-10-19)22-15-16-23(24(25)17-22)21-11-7-18(2)8-12-21/h8-18H,3-7H2,1-2H3;7-17H,3-6H2,1-2H3. The lowest BCUT2D eigenvalue weighted by atomic mass is 9.97. The zero-order valence-electron chi connectivity index (χ0n) is 30.8. The van der Waals surface area contributed by atoms with Crippen molar-refractivity contribution in [2.75, 3.05) is 0 Å². The number of unbranched alkanes of at least 4 members (excludes halogenated alkanes) is 4. The van der Waals surface area contributed by atoms with Crippen molar-refractivity contribution >= 4 is 0 Å². The fourth-order valence-corrected chi connectivity index (χ4v) is 6.40. The highest BCUT2D eigenvalue weighted by Crippen LogP contribution is 2.30. The largest absolute Gasteiger partial charge is 0.206 e. The van der Waals surface area contributed by atoms with Crippen molar-refractivity contribution in [3.05, 3.63) is 167 Å². The Morgan fingerprint density at radius 2 is 0.725 bits per heavy atom. The van der Waals surface area contributed by atoms with Crippen molar-refractivity contribution in [3.8, 4) is 44.5 Å². The van der Waals surface area contributed by atoms with Gasteiger partial charge in [0.25, 0.3) is 0 Å². The van der Waals surface area contributed by atoms with Gasteiger partial charge in [0.15, 0.2) is 0 Å². The molecule has 0 aliphatic carbocycles. The molecule has 2 heteroatoms. The second kappa shape index (κ2) is 19.0. The van der Waals surface area contributed by atoms with Gasteiger partial charge < -0.3 is 0 Å². The molecule has 0 amide bonds. The van der Waals surface area contributed by atoms with Gasteiger partial charge in [0.05, 0.1) is 0 Å². The highest BCUT2D eigenvalue weighted by Gasteiger charge is 2.09. The maximum Gasteiger partial charge on any atom is 0.131 e. The first-order chi connectivity index (χ1) is 24.9. The minimum Gasteiger partial charge on any atom is -0.206 e. The Morgan fingerprint density at radius 1 is 0.373 bits per heavy atom. The lowest BCUT2D eigenvalue weighted by Crippen LogP contribution is -1.89. The summed E-state index contributed by atoms with van der Waals surface area (Å²) in [7, 11) is 0. The van der Waals surface area contributed by atoms with Gasteiger partial charge in [-0.2, -0.15) is 0 Å². The van der Waals surface area contributed by atoms with Gasteiger partial charge in [-0.3, -0.25) is 0 Å². The molecule has 0 bridgehead atoms. The topological polar surface area (TPSA) is 0 Å². The minimum atomic E-state index is -0.173. The monoisotopic (exact) mass is 678 g/mol. The predicted octanol–water partition coefficient (Wildman–Crippen LogP) is 14.7. The Kier molecular flexibility index (Phi) is 13.9. The van der Waals surface area contributed by atoms with E-state index in [0.717, 1.165) is 52.6 Å². The summed E-state index contributed by atoms with van der Waals surface area (Å²) in [6.07, 6.45) is 10.7. The number of halogens is 2. The first-order valence-corrected chi connectivity index (χ1v) is 18.8. The van der Waals surface area contributed by atoms with E-state index in [0.29, 0.717) is 11.1 Å². The fraction of sp³-hybridized carbons (Fsp3) is 0.265. The van der Waals surface area contributed by atoms with E-state index < -0.39 is 0 Å². The van der Waals surface area contributed by atoms with E-state index in [4.69, 9.17) is 0 Å². The molecule has 0 unspecified atom stereocenters. The molecule has 6 rings (SSSR count). The number of benzene rings is 6. The van der Waals surface area contributed by atoms with E-state index in [-0.39, 0.29) is 11.6 Å². The van der Waals surface area contributed by atoms with Gasteiger partial charge in [0, 0.05) is 11.1 Å². The fourth-order valence-electron chi connectivity index (χ4n) is 6.40. The predicted molar refractivity (Wildman–Crippen MR) is 215 cm³/mol. The Bertz CT molecular complexity index is 1930. The molecule has 0 radical (unpaired) electrons. The zero-order valence-corrected chi connectivity index (χ0v) is 30.8. The summed E-state index contributed by atoms with van der Waals surface area (Å²) in [6.45, 7) is 8.61. The molecule has 0 nitrogen and oxygen atoms in total. The molecule has 0 saturated carbocycles. The lowest BCUT2D eigenvalue weighted by Gasteiger charge is -2.09. The van der Waals surface area contributed by atoms with Gasteiger partial charge in [-0.15, -0.1) is 0 Å². The van der Waals surface area contributed by atoms with Crippen molar-refractivity contribution < 1.29 is 8.78 Å². The molecule has 0 N–H and O–H groups in total. The molecular weight excluding hydrogens is 627 g/mol. The highest BCUT2D eigenvalue weighted by atomic mass is 19.1. The minimum absolute atomic E-state index is 0.166. The van der Waals surface area contributed by atoms with Gasteiger partial charge in [0.1, 0.15) is 11.6 Å². The molecule has 0 heterocycles. The van der Waals surface area contributed by atoms with Crippen LogP contribution in [-0.4, -0.2) is 0 Å². The van der Waals surface area contributed by atoms with Crippen molar-refractivity contribution in [2.24, 2.45) is 0 Å². The van der Waals surface area contributed by atoms with E-state index in [9.17, 15) is 8.78 Å². The molecule has 0 aromatic heterocycles. The van der Waals surface area contributed by atoms with Crippen LogP contribution in [0.15, 0.2) is 133 Å². The summed E-state index contributed by atoms with van der Waals surface area (Å²) < 4.78 is 29.3. The Hall–Kier alpha value is -4.82. The molecule has 0 saturated heterocycles. The third kappa shape index (κ3) is 10.6. The smallest absolute Gasteiger partial charge is 0.131 e. The molecule has 6 aromatic rings. The summed E-state index contributed by atoms with van der Waals surface area (Å²) in [4.78, 5) is 0. The van der Waals surface area contributed by atoms with Crippen LogP contribution in [0.4, 0.5) is 8.78 Å². The van der Waals surface area contributed by atoms with Crippen LogP contribution in [0.25, 0.3) is 44.5 Å². The average molecular weight is 679 g/mol. The van der Waals surface area contributed by atoms with E-state index in [1.165, 1.54) is 60.8 Å². The summed E-state index contributed by atoms with van der Waals surface area (Å²) in [6, 6.07) is 44.2. The lowest BCUT2D eigenvalue weighted by molar-refractivity contribution is 0.631. The summed E-state index contributed by atoms with van der Waals surface area (Å²) in [5.74, 6) is -0.339. The van der Waals surface area contributed by atoms with Crippen LogP contribution < -0.4 is 0 Å². The van der Waals surface area contributed by atoms with E-state index >= 15 is 0 Å². The van der Waals surface area contributed by atoms with Crippen molar-refractivity contribution in [1.29, 1.82) is 0 Å². The van der Waals surface area contributed by atoms with Crippen molar-refractivity contribution in [3.63, 3.8) is 0 Å². The first-order valence-electron chi connectivity index (χ1n) is 18.8. The van der Waals surface area contributed by atoms with Gasteiger partial charge >= 0.3 is 0 Å². The first kappa shape index (κ1) is 37.4. The van der Waals surface area contributed by atoms with Crippen LogP contribution in [0.5, 0.6) is 0 Å². The van der Waals surface area contributed by atoms with Gasteiger partial charge in [-0.25, -0.2) is 8.78 Å². The molecule has 0 spiro atoms. The number of hydrogen-bond donors (Lipinski definition) is 0. The Labute approximate surface area is 305 Å². The number of rotatable bonds is 13. The van der Waals surface area contributed by atoms with Crippen molar-refractivity contribution in [2.45, 2.75) is 85.5 Å². The van der Waals surface area contributed by atoms with E-state index in [1.54, 1.807) is 12.1 Å². The van der Waals surface area contributed by atoms with Crippen LogP contribution in [0.2, 0.25) is 0 Å². The third-order valence-corrected chi connectivity index (χ3v) is 9.69. The molecule has 0 aliphatic heterocycles. The SMILES string of the molecule is CCCCCc1ccc(-c2ccc(-c3ccc(C)cc3)c(F)c2)cc1.CCCCCc1ccc(-c2ccc(-c3ccc(CC)cc3)cc2F)cc1. The van der Waals surface area contributed by atoms with Crippen molar-refractivity contribution in [1.82, 2.24) is 0 Å². The molecule has 0 fully saturated rings. The van der Waals surface area contributed by atoms with E-state index in [1.807, 2.05) is 67.6 Å². The van der Waals surface area contributed by atoms with Crippen LogP contribution >= 0.6 is 0 Å². The van der Waals surface area contributed by atoms with Crippen LogP contribution in [-0.2, 0) is 19.3 Å². The summed E-state index contributed by atoms with van der Waals surface area (Å²) in [5, 5.41) is 0. The van der Waals surface area contributed by atoms with Gasteiger partial charge in [-0.1, -0.05) is 173 Å². The Balaban J connectivity index is 0.000000198. The maximum absolute atomic E-state index is 14.7. The second-order valence-corrected chi connectivity index (χ2v) is 13.6. The Morgan fingerprint density at radius 3 is 1.10 bits per heavy atom. The van der Waals surface area contributed by atoms with Crippen LogP contribution in [0.1, 0.15) is 81.5 Å². The average Bonchev–Trinajstić information content (AvgIpc) is 3.16. The molecule has 262 valence electrons. The summed E-state index contributed by atoms with van der Waals surface area (Å²) >= 11 is 0. The number of aryl methyl sites for hydroxylation is 4.